The summed E-state index contributed by atoms with van der Waals surface area (Å²) in [5, 5.41) is 10.5. The molecule has 1 heterocycles. The fraction of sp³-hybridized carbons (Fsp3) is 0.625. The summed E-state index contributed by atoms with van der Waals surface area (Å²) >= 11 is 6.06. The van der Waals surface area contributed by atoms with Crippen LogP contribution in [0, 0.1) is 5.41 Å². The zero-order valence-corrected chi connectivity index (χ0v) is 13.1. The van der Waals surface area contributed by atoms with Gasteiger partial charge in [-0.25, -0.2) is 0 Å². The average Bonchev–Trinajstić information content (AvgIpc) is 2.47. The van der Waals surface area contributed by atoms with Crippen molar-refractivity contribution in [3.05, 3.63) is 34.9 Å². The minimum absolute atomic E-state index is 0.125. The van der Waals surface area contributed by atoms with Crippen molar-refractivity contribution in [1.29, 1.82) is 0 Å². The topological polar surface area (TPSA) is 32.7 Å². The van der Waals surface area contributed by atoms with Crippen LogP contribution in [0.15, 0.2) is 24.3 Å². The van der Waals surface area contributed by atoms with E-state index in [0.29, 0.717) is 6.61 Å². The standard InChI is InChI=1S/C16H24ClNO2/c1-13(14-5-3-6-15(17)9-14)18(2)10-16(11-19)7-4-8-20-12-16/h3,5-6,9,13,19H,4,7-8,10-12H2,1-2H3. The van der Waals surface area contributed by atoms with E-state index < -0.39 is 0 Å². The lowest BCUT2D eigenvalue weighted by molar-refractivity contribution is -0.0564. The number of hydrogen-bond donors (Lipinski definition) is 1. The first kappa shape index (κ1) is 15.8. The zero-order valence-electron chi connectivity index (χ0n) is 12.3. The van der Waals surface area contributed by atoms with Gasteiger partial charge < -0.3 is 9.84 Å². The second-order valence-corrected chi connectivity index (χ2v) is 6.40. The van der Waals surface area contributed by atoms with Crippen molar-refractivity contribution in [2.75, 3.05) is 33.4 Å². The highest BCUT2D eigenvalue weighted by atomic mass is 35.5. The van der Waals surface area contributed by atoms with Gasteiger partial charge in [0.1, 0.15) is 0 Å². The molecule has 112 valence electrons. The van der Waals surface area contributed by atoms with Crippen LogP contribution in [0.5, 0.6) is 0 Å². The number of aliphatic hydroxyl groups is 1. The van der Waals surface area contributed by atoms with Crippen LogP contribution in [-0.2, 0) is 4.74 Å². The number of rotatable bonds is 5. The second-order valence-electron chi connectivity index (χ2n) is 5.96. The van der Waals surface area contributed by atoms with Crippen LogP contribution in [0.25, 0.3) is 0 Å². The second kappa shape index (κ2) is 6.90. The molecule has 2 rings (SSSR count). The van der Waals surface area contributed by atoms with E-state index in [9.17, 15) is 5.11 Å². The third-order valence-corrected chi connectivity index (χ3v) is 4.55. The highest BCUT2D eigenvalue weighted by Gasteiger charge is 2.34. The molecular weight excluding hydrogens is 274 g/mol. The molecule has 1 aliphatic heterocycles. The SMILES string of the molecule is CC(c1cccc(Cl)c1)N(C)CC1(CO)CCCOC1. The monoisotopic (exact) mass is 297 g/mol. The smallest absolute Gasteiger partial charge is 0.0556 e. The normalized spacial score (nSPS) is 24.9. The number of halogens is 1. The van der Waals surface area contributed by atoms with Crippen molar-refractivity contribution in [3.8, 4) is 0 Å². The van der Waals surface area contributed by atoms with Crippen LogP contribution in [0.3, 0.4) is 0 Å². The fourth-order valence-corrected chi connectivity index (χ4v) is 3.10. The van der Waals surface area contributed by atoms with Crippen molar-refractivity contribution in [1.82, 2.24) is 4.90 Å². The van der Waals surface area contributed by atoms with E-state index >= 15 is 0 Å². The summed E-state index contributed by atoms with van der Waals surface area (Å²) in [4.78, 5) is 2.27. The average molecular weight is 298 g/mol. The van der Waals surface area contributed by atoms with Crippen molar-refractivity contribution in [3.63, 3.8) is 0 Å². The molecule has 1 aliphatic rings. The molecule has 2 unspecified atom stereocenters. The van der Waals surface area contributed by atoms with E-state index in [-0.39, 0.29) is 18.1 Å². The summed E-state index contributed by atoms with van der Waals surface area (Å²) in [5.74, 6) is 0. The fourth-order valence-electron chi connectivity index (χ4n) is 2.90. The van der Waals surface area contributed by atoms with Crippen LogP contribution < -0.4 is 0 Å². The van der Waals surface area contributed by atoms with Crippen molar-refractivity contribution < 1.29 is 9.84 Å². The van der Waals surface area contributed by atoms with Crippen LogP contribution >= 0.6 is 11.6 Å². The van der Waals surface area contributed by atoms with Crippen molar-refractivity contribution in [2.45, 2.75) is 25.8 Å². The predicted molar refractivity (Wildman–Crippen MR) is 82.1 cm³/mol. The number of ether oxygens (including phenoxy) is 1. The van der Waals surface area contributed by atoms with Crippen LogP contribution in [0.4, 0.5) is 0 Å². The minimum Gasteiger partial charge on any atom is -0.396 e. The molecule has 1 fully saturated rings. The first-order valence-electron chi connectivity index (χ1n) is 7.21. The Balaban J connectivity index is 2.04. The lowest BCUT2D eigenvalue weighted by atomic mass is 9.82. The van der Waals surface area contributed by atoms with Crippen LogP contribution in [0.2, 0.25) is 5.02 Å². The number of hydrogen-bond acceptors (Lipinski definition) is 3. The van der Waals surface area contributed by atoms with Crippen LogP contribution in [-0.4, -0.2) is 43.4 Å². The first-order chi connectivity index (χ1) is 9.56. The molecule has 4 heteroatoms. The van der Waals surface area contributed by atoms with E-state index in [0.717, 1.165) is 31.0 Å². The van der Waals surface area contributed by atoms with Gasteiger partial charge in [-0.05, 0) is 44.5 Å². The Kier molecular flexibility index (Phi) is 5.44. The Morgan fingerprint density at radius 3 is 2.90 bits per heavy atom. The van der Waals surface area contributed by atoms with Gasteiger partial charge in [0.25, 0.3) is 0 Å². The molecule has 1 aromatic carbocycles. The Morgan fingerprint density at radius 2 is 2.30 bits per heavy atom. The maximum atomic E-state index is 9.76. The molecule has 1 N–H and O–H groups in total. The van der Waals surface area contributed by atoms with Crippen molar-refractivity contribution >= 4 is 11.6 Å². The van der Waals surface area contributed by atoms with Gasteiger partial charge >= 0.3 is 0 Å². The molecule has 1 aromatic rings. The van der Waals surface area contributed by atoms with Gasteiger partial charge in [-0.15, -0.1) is 0 Å². The Bertz CT molecular complexity index is 432. The Morgan fingerprint density at radius 1 is 1.50 bits per heavy atom. The predicted octanol–water partition coefficient (Wildman–Crippen LogP) is 3.12. The van der Waals surface area contributed by atoms with Gasteiger partial charge in [0.15, 0.2) is 0 Å². The summed E-state index contributed by atoms with van der Waals surface area (Å²) in [6, 6.07) is 8.23. The molecule has 0 spiro atoms. The minimum atomic E-state index is -0.125. The summed E-state index contributed by atoms with van der Waals surface area (Å²) in [6.45, 7) is 4.64. The summed E-state index contributed by atoms with van der Waals surface area (Å²) < 4.78 is 5.57. The quantitative estimate of drug-likeness (QED) is 0.906. The van der Waals surface area contributed by atoms with Gasteiger partial charge in [0, 0.05) is 29.6 Å². The molecule has 1 saturated heterocycles. The number of aliphatic hydroxyl groups excluding tert-OH is 1. The maximum absolute atomic E-state index is 9.76. The molecule has 0 amide bonds. The van der Waals surface area contributed by atoms with E-state index in [1.165, 1.54) is 5.56 Å². The largest absolute Gasteiger partial charge is 0.396 e. The van der Waals surface area contributed by atoms with E-state index in [2.05, 4.69) is 24.9 Å². The highest BCUT2D eigenvalue weighted by molar-refractivity contribution is 6.30. The number of nitrogens with zero attached hydrogens (tertiary/aromatic N) is 1. The number of benzene rings is 1. The third-order valence-electron chi connectivity index (χ3n) is 4.32. The highest BCUT2D eigenvalue weighted by Crippen LogP contribution is 2.32. The molecule has 20 heavy (non-hydrogen) atoms. The lowest BCUT2D eigenvalue weighted by Crippen LogP contribution is -2.45. The lowest BCUT2D eigenvalue weighted by Gasteiger charge is -2.40. The molecule has 2 atom stereocenters. The third kappa shape index (κ3) is 3.73. The zero-order chi connectivity index (χ0) is 14.6. The first-order valence-corrected chi connectivity index (χ1v) is 7.58. The summed E-state index contributed by atoms with van der Waals surface area (Å²) in [6.07, 6.45) is 2.05. The van der Waals surface area contributed by atoms with Crippen LogP contribution in [0.1, 0.15) is 31.4 Å². The summed E-state index contributed by atoms with van der Waals surface area (Å²) in [5.41, 5.74) is 1.07. The van der Waals surface area contributed by atoms with Gasteiger partial charge in [-0.3, -0.25) is 4.90 Å². The molecule has 0 aromatic heterocycles. The van der Waals surface area contributed by atoms with Gasteiger partial charge in [0.2, 0.25) is 0 Å². The summed E-state index contributed by atoms with van der Waals surface area (Å²) in [7, 11) is 2.09. The molecule has 3 nitrogen and oxygen atoms in total. The van der Waals surface area contributed by atoms with E-state index in [1.807, 2.05) is 18.2 Å². The van der Waals surface area contributed by atoms with Gasteiger partial charge in [-0.1, -0.05) is 23.7 Å². The maximum Gasteiger partial charge on any atom is 0.0556 e. The molecule has 0 radical (unpaired) electrons. The van der Waals surface area contributed by atoms with E-state index in [1.54, 1.807) is 0 Å². The molecule has 0 saturated carbocycles. The van der Waals surface area contributed by atoms with Gasteiger partial charge in [0.05, 0.1) is 13.2 Å². The Labute approximate surface area is 126 Å². The molecule has 0 bridgehead atoms. The molecular formula is C16H24ClNO2. The Hall–Kier alpha value is -0.610. The van der Waals surface area contributed by atoms with E-state index in [4.69, 9.17) is 16.3 Å². The molecule has 0 aliphatic carbocycles. The van der Waals surface area contributed by atoms with Gasteiger partial charge in [-0.2, -0.15) is 0 Å². The van der Waals surface area contributed by atoms with Crippen molar-refractivity contribution in [2.24, 2.45) is 5.41 Å².